The highest BCUT2D eigenvalue weighted by Gasteiger charge is 2.15. The van der Waals surface area contributed by atoms with E-state index < -0.39 is 0 Å². The maximum Gasteiger partial charge on any atom is 0.328 e. The van der Waals surface area contributed by atoms with E-state index in [-0.39, 0.29) is 17.8 Å². The van der Waals surface area contributed by atoms with E-state index in [2.05, 4.69) is 32.3 Å². The van der Waals surface area contributed by atoms with Crippen LogP contribution in [0.5, 0.6) is 0 Å². The minimum atomic E-state index is -0.311. The maximum absolute atomic E-state index is 12.3. The third-order valence-corrected chi connectivity index (χ3v) is 3.75. The second kappa shape index (κ2) is 6.67. The van der Waals surface area contributed by atoms with E-state index in [0.29, 0.717) is 29.2 Å². The van der Waals surface area contributed by atoms with E-state index in [9.17, 15) is 9.59 Å². The summed E-state index contributed by atoms with van der Waals surface area (Å²) in [6.07, 6.45) is 4.25. The van der Waals surface area contributed by atoms with Crippen molar-refractivity contribution in [3.05, 3.63) is 50.6 Å². The molecule has 3 rings (SSSR count). The van der Waals surface area contributed by atoms with Gasteiger partial charge in [0.05, 0.1) is 6.54 Å². The van der Waals surface area contributed by atoms with E-state index in [0.717, 1.165) is 18.4 Å². The molecule has 24 heavy (non-hydrogen) atoms. The molecule has 0 saturated heterocycles. The Morgan fingerprint density at radius 3 is 2.79 bits per heavy atom. The number of H-pyrrole nitrogens is 2. The lowest BCUT2D eigenvalue weighted by Crippen LogP contribution is -2.18. The second-order valence-corrected chi connectivity index (χ2v) is 5.51. The predicted octanol–water partition coefficient (Wildman–Crippen LogP) is 0.484. The standard InChI is InChI=1S/C15H19N7O2/c1-2-3-4-10-18-13(21-16)12-14(19-10)22(15(24)20-12)8-9-5-6-11(23)17-7-9/h5-7H,2-4,8,16H2,1H3,(H,17,23)(H,20,24)(H,18,19,21). The first-order valence-corrected chi connectivity index (χ1v) is 7.76. The predicted molar refractivity (Wildman–Crippen MR) is 90.7 cm³/mol. The van der Waals surface area contributed by atoms with E-state index in [1.807, 2.05) is 0 Å². The Morgan fingerprint density at radius 1 is 1.29 bits per heavy atom. The lowest BCUT2D eigenvalue weighted by atomic mass is 10.2. The first-order chi connectivity index (χ1) is 11.6. The number of nitrogen functional groups attached to an aromatic ring is 1. The molecule has 0 aliphatic heterocycles. The third kappa shape index (κ3) is 3.06. The summed E-state index contributed by atoms with van der Waals surface area (Å²) in [5, 5.41) is 0. The largest absolute Gasteiger partial charge is 0.329 e. The van der Waals surface area contributed by atoms with Gasteiger partial charge < -0.3 is 15.4 Å². The number of nitrogens with two attached hydrogens (primary N) is 1. The van der Waals surface area contributed by atoms with Crippen molar-refractivity contribution in [3.63, 3.8) is 0 Å². The molecule has 0 atom stereocenters. The molecule has 0 saturated carbocycles. The first-order valence-electron chi connectivity index (χ1n) is 7.76. The molecule has 0 spiro atoms. The van der Waals surface area contributed by atoms with Crippen LogP contribution < -0.4 is 22.5 Å². The van der Waals surface area contributed by atoms with Gasteiger partial charge in [-0.05, 0) is 12.0 Å². The van der Waals surface area contributed by atoms with Gasteiger partial charge in [0.15, 0.2) is 11.5 Å². The molecule has 0 radical (unpaired) electrons. The molecule has 0 aliphatic rings. The van der Waals surface area contributed by atoms with Crippen LogP contribution in [-0.4, -0.2) is 24.5 Å². The van der Waals surface area contributed by atoms with Crippen LogP contribution in [0.1, 0.15) is 31.2 Å². The Hall–Kier alpha value is -2.94. The van der Waals surface area contributed by atoms with Gasteiger partial charge in [-0.25, -0.2) is 20.6 Å². The fourth-order valence-corrected chi connectivity index (χ4v) is 2.50. The number of imidazole rings is 1. The molecule has 9 nitrogen and oxygen atoms in total. The Balaban J connectivity index is 2.09. The number of aryl methyl sites for hydroxylation is 1. The number of hydrazine groups is 1. The van der Waals surface area contributed by atoms with E-state index >= 15 is 0 Å². The number of unbranched alkanes of at least 4 members (excludes halogenated alkanes) is 1. The van der Waals surface area contributed by atoms with Crippen molar-refractivity contribution in [3.8, 4) is 0 Å². The monoisotopic (exact) mass is 329 g/mol. The zero-order valence-corrected chi connectivity index (χ0v) is 13.3. The minimum absolute atomic E-state index is 0.191. The van der Waals surface area contributed by atoms with Gasteiger partial charge in [0.25, 0.3) is 0 Å². The van der Waals surface area contributed by atoms with Gasteiger partial charge in [-0.15, -0.1) is 0 Å². The lowest BCUT2D eigenvalue weighted by Gasteiger charge is -2.07. The number of pyridine rings is 1. The molecule has 3 heterocycles. The molecule has 0 unspecified atom stereocenters. The molecule has 9 heteroatoms. The van der Waals surface area contributed by atoms with Crippen LogP contribution in [-0.2, 0) is 13.0 Å². The van der Waals surface area contributed by atoms with Crippen molar-refractivity contribution < 1.29 is 0 Å². The summed E-state index contributed by atoms with van der Waals surface area (Å²) in [5.41, 5.74) is 3.75. The van der Waals surface area contributed by atoms with Gasteiger partial charge in [-0.3, -0.25) is 9.36 Å². The zero-order chi connectivity index (χ0) is 17.1. The second-order valence-electron chi connectivity index (χ2n) is 5.51. The number of hydrogen-bond donors (Lipinski definition) is 4. The number of fused-ring (bicyclic) bond motifs is 1. The van der Waals surface area contributed by atoms with Gasteiger partial charge in [0.2, 0.25) is 5.56 Å². The third-order valence-electron chi connectivity index (χ3n) is 3.75. The van der Waals surface area contributed by atoms with Crippen LogP contribution in [0.25, 0.3) is 11.2 Å². The molecule has 0 aromatic carbocycles. The molecule has 0 bridgehead atoms. The molecule has 5 N–H and O–H groups in total. The summed E-state index contributed by atoms with van der Waals surface area (Å²) in [5.74, 6) is 6.55. The van der Waals surface area contributed by atoms with Crippen LogP contribution in [0.2, 0.25) is 0 Å². The molecule has 3 aromatic heterocycles. The highest BCUT2D eigenvalue weighted by atomic mass is 16.1. The molecule has 0 aliphatic carbocycles. The Morgan fingerprint density at radius 2 is 2.12 bits per heavy atom. The number of aromatic amines is 2. The van der Waals surface area contributed by atoms with Crippen molar-refractivity contribution in [1.29, 1.82) is 0 Å². The van der Waals surface area contributed by atoms with Crippen LogP contribution in [0.15, 0.2) is 27.9 Å². The zero-order valence-electron chi connectivity index (χ0n) is 13.3. The van der Waals surface area contributed by atoms with E-state index in [4.69, 9.17) is 5.84 Å². The summed E-state index contributed by atoms with van der Waals surface area (Å²) < 4.78 is 1.50. The molecule has 0 amide bonds. The number of rotatable bonds is 6. The summed E-state index contributed by atoms with van der Waals surface area (Å²) in [6, 6.07) is 3.09. The average Bonchev–Trinajstić information content (AvgIpc) is 2.90. The van der Waals surface area contributed by atoms with E-state index in [1.54, 1.807) is 12.3 Å². The molecule has 0 fully saturated rings. The number of nitrogens with one attached hydrogen (secondary N) is 3. The highest BCUT2D eigenvalue weighted by molar-refractivity contribution is 5.82. The Kier molecular flexibility index (Phi) is 4.43. The summed E-state index contributed by atoms with van der Waals surface area (Å²) >= 11 is 0. The van der Waals surface area contributed by atoms with Crippen molar-refractivity contribution in [2.45, 2.75) is 32.7 Å². The quantitative estimate of drug-likeness (QED) is 0.384. The van der Waals surface area contributed by atoms with Gasteiger partial charge in [-0.1, -0.05) is 19.4 Å². The van der Waals surface area contributed by atoms with Crippen molar-refractivity contribution in [2.24, 2.45) is 5.84 Å². The van der Waals surface area contributed by atoms with Gasteiger partial charge in [-0.2, -0.15) is 0 Å². The van der Waals surface area contributed by atoms with Gasteiger partial charge in [0.1, 0.15) is 11.3 Å². The van der Waals surface area contributed by atoms with E-state index in [1.165, 1.54) is 10.6 Å². The van der Waals surface area contributed by atoms with Crippen molar-refractivity contribution in [2.75, 3.05) is 5.43 Å². The fraction of sp³-hybridized carbons (Fsp3) is 0.333. The number of nitrogens with zero attached hydrogens (tertiary/aromatic N) is 3. The minimum Gasteiger partial charge on any atom is -0.329 e. The normalized spacial score (nSPS) is 11.1. The number of anilines is 1. The number of aromatic nitrogens is 5. The molecular formula is C15H19N7O2. The van der Waals surface area contributed by atoms with Gasteiger partial charge in [0, 0.05) is 18.7 Å². The van der Waals surface area contributed by atoms with Crippen LogP contribution in [0.3, 0.4) is 0 Å². The van der Waals surface area contributed by atoms with Gasteiger partial charge >= 0.3 is 5.69 Å². The summed E-state index contributed by atoms with van der Waals surface area (Å²) in [4.78, 5) is 37.6. The first kappa shape index (κ1) is 15.9. The smallest absolute Gasteiger partial charge is 0.328 e. The maximum atomic E-state index is 12.3. The molecular weight excluding hydrogens is 310 g/mol. The van der Waals surface area contributed by atoms with Crippen molar-refractivity contribution in [1.82, 2.24) is 24.5 Å². The van der Waals surface area contributed by atoms with Crippen molar-refractivity contribution >= 4 is 17.0 Å². The fourth-order valence-electron chi connectivity index (χ4n) is 2.50. The van der Waals surface area contributed by atoms with Crippen LogP contribution in [0.4, 0.5) is 5.82 Å². The van der Waals surface area contributed by atoms with Crippen LogP contribution >= 0.6 is 0 Å². The Bertz CT molecular complexity index is 950. The highest BCUT2D eigenvalue weighted by Crippen LogP contribution is 2.17. The summed E-state index contributed by atoms with van der Waals surface area (Å²) in [7, 11) is 0. The Labute approximate surface area is 136 Å². The molecule has 126 valence electrons. The topological polar surface area (TPSA) is 134 Å². The lowest BCUT2D eigenvalue weighted by molar-refractivity contribution is 0.741. The van der Waals surface area contributed by atoms with Crippen LogP contribution in [0, 0.1) is 0 Å². The average molecular weight is 329 g/mol. The SMILES string of the molecule is CCCCc1nc(NN)c2[nH]c(=O)n(Cc3ccc(=O)[nH]c3)c2n1. The number of hydrogen-bond acceptors (Lipinski definition) is 6. The molecule has 3 aromatic rings. The summed E-state index contributed by atoms with van der Waals surface area (Å²) in [6.45, 7) is 2.37.